The number of halogens is 4. The van der Waals surface area contributed by atoms with Gasteiger partial charge in [0.2, 0.25) is 5.88 Å². The topological polar surface area (TPSA) is 74.7 Å². The zero-order chi connectivity index (χ0) is 21.7. The van der Waals surface area contributed by atoms with Crippen LogP contribution in [0, 0.1) is 0 Å². The first kappa shape index (κ1) is 21.9. The molecule has 2 aromatic rings. The lowest BCUT2D eigenvalue weighted by atomic mass is 10.2. The number of aliphatic imine (C=N–C) groups is 1. The number of anilines is 1. The molecule has 7 nitrogen and oxygen atoms in total. The van der Waals surface area contributed by atoms with Crippen LogP contribution in [0.5, 0.6) is 5.88 Å². The van der Waals surface area contributed by atoms with Crippen LogP contribution in [0.2, 0.25) is 5.02 Å². The van der Waals surface area contributed by atoms with Crippen LogP contribution in [-0.4, -0.2) is 49.2 Å². The number of ether oxygens (including phenoxy) is 1. The quantitative estimate of drug-likeness (QED) is 0.547. The monoisotopic (exact) mass is 442 g/mol. The lowest BCUT2D eigenvalue weighted by Crippen LogP contribution is -2.44. The fourth-order valence-corrected chi connectivity index (χ4v) is 3.38. The Hall–Kier alpha value is -2.75. The highest BCUT2D eigenvalue weighted by molar-refractivity contribution is 6.33. The fourth-order valence-electron chi connectivity index (χ4n) is 3.10. The molecule has 1 saturated heterocycles. The fraction of sp³-hybridized carbons (Fsp3) is 0.421. The van der Waals surface area contributed by atoms with Gasteiger partial charge in [0, 0.05) is 51.2 Å². The Labute approximate surface area is 177 Å². The number of guanidine groups is 1. The maximum Gasteiger partial charge on any atom is 0.417 e. The van der Waals surface area contributed by atoms with Gasteiger partial charge in [-0.15, -0.1) is 0 Å². The number of hydrogen-bond donors (Lipinski definition) is 2. The second-order valence-electron chi connectivity index (χ2n) is 6.74. The Kier molecular flexibility index (Phi) is 6.86. The largest absolute Gasteiger partial charge is 0.481 e. The van der Waals surface area contributed by atoms with E-state index in [1.165, 1.54) is 0 Å². The van der Waals surface area contributed by atoms with Gasteiger partial charge in [-0.05, 0) is 18.1 Å². The van der Waals surface area contributed by atoms with Gasteiger partial charge in [-0.3, -0.25) is 4.99 Å². The molecule has 0 radical (unpaired) electrons. The van der Waals surface area contributed by atoms with Crippen molar-refractivity contribution < 1.29 is 17.9 Å². The predicted octanol–water partition coefficient (Wildman–Crippen LogP) is 3.10. The van der Waals surface area contributed by atoms with Gasteiger partial charge in [-0.25, -0.2) is 9.97 Å². The van der Waals surface area contributed by atoms with Crippen LogP contribution in [0.1, 0.15) is 17.5 Å². The van der Waals surface area contributed by atoms with Crippen molar-refractivity contribution in [1.82, 2.24) is 20.6 Å². The first-order valence-corrected chi connectivity index (χ1v) is 9.61. The molecule has 1 unspecified atom stereocenters. The summed E-state index contributed by atoms with van der Waals surface area (Å²) in [4.78, 5) is 14.2. The van der Waals surface area contributed by atoms with Gasteiger partial charge >= 0.3 is 6.18 Å². The molecule has 11 heteroatoms. The Morgan fingerprint density at radius 2 is 2.13 bits per heavy atom. The van der Waals surface area contributed by atoms with E-state index in [1.54, 1.807) is 26.4 Å². The number of rotatable bonds is 5. The van der Waals surface area contributed by atoms with Crippen molar-refractivity contribution in [2.75, 3.05) is 32.1 Å². The highest BCUT2D eigenvalue weighted by Gasteiger charge is 2.33. The van der Waals surface area contributed by atoms with E-state index in [-0.39, 0.29) is 11.1 Å². The first-order valence-electron chi connectivity index (χ1n) is 9.24. The minimum absolute atomic E-state index is 0.0139. The summed E-state index contributed by atoms with van der Waals surface area (Å²) in [5, 5.41) is 6.51. The van der Waals surface area contributed by atoms with Crippen LogP contribution in [0.25, 0.3) is 0 Å². The second kappa shape index (κ2) is 9.38. The van der Waals surface area contributed by atoms with E-state index in [0.717, 1.165) is 24.2 Å². The molecule has 0 spiro atoms. The summed E-state index contributed by atoms with van der Waals surface area (Å²) in [7, 11) is 3.23. The Morgan fingerprint density at radius 1 is 1.33 bits per heavy atom. The second-order valence-corrected chi connectivity index (χ2v) is 7.14. The summed E-state index contributed by atoms with van der Waals surface area (Å²) in [5.41, 5.74) is 0.107. The third-order valence-electron chi connectivity index (χ3n) is 4.67. The minimum Gasteiger partial charge on any atom is -0.481 e. The molecular formula is C19H22ClF3N6O. The van der Waals surface area contributed by atoms with E-state index in [9.17, 15) is 13.2 Å². The molecule has 2 aromatic heterocycles. The summed E-state index contributed by atoms with van der Waals surface area (Å²) < 4.78 is 43.4. The van der Waals surface area contributed by atoms with Gasteiger partial charge in [-0.1, -0.05) is 17.7 Å². The standard InChI is InChI=1S/C19H22ClF3N6O/c1-24-18(27-9-12-3-4-16(30-2)25-8-12)28-14-5-6-29(11-14)17-15(20)7-13(10-26-17)19(21,22)23/h3-4,7-8,10,14H,5-6,9,11H2,1-2H3,(H2,24,27,28). The number of nitrogens with one attached hydrogen (secondary N) is 2. The van der Waals surface area contributed by atoms with Gasteiger partial charge in [0.25, 0.3) is 0 Å². The zero-order valence-corrected chi connectivity index (χ0v) is 17.3. The van der Waals surface area contributed by atoms with E-state index in [0.29, 0.717) is 37.3 Å². The molecule has 1 fully saturated rings. The van der Waals surface area contributed by atoms with Crippen molar-refractivity contribution in [3.05, 3.63) is 46.7 Å². The maximum atomic E-state index is 12.8. The third kappa shape index (κ3) is 5.44. The van der Waals surface area contributed by atoms with Crippen molar-refractivity contribution >= 4 is 23.4 Å². The lowest BCUT2D eigenvalue weighted by Gasteiger charge is -2.21. The van der Waals surface area contributed by atoms with Crippen molar-refractivity contribution in [3.8, 4) is 5.88 Å². The molecular weight excluding hydrogens is 421 g/mol. The Morgan fingerprint density at radius 3 is 2.73 bits per heavy atom. The summed E-state index contributed by atoms with van der Waals surface area (Å²) in [6.45, 7) is 1.69. The average Bonchev–Trinajstić information content (AvgIpc) is 3.19. The van der Waals surface area contributed by atoms with Gasteiger partial charge in [0.05, 0.1) is 17.7 Å². The Balaban J connectivity index is 1.55. The van der Waals surface area contributed by atoms with E-state index in [2.05, 4.69) is 25.6 Å². The van der Waals surface area contributed by atoms with Crippen molar-refractivity contribution in [2.24, 2.45) is 4.99 Å². The number of hydrogen-bond acceptors (Lipinski definition) is 5. The van der Waals surface area contributed by atoms with Crippen LogP contribution in [0.3, 0.4) is 0 Å². The van der Waals surface area contributed by atoms with Crippen molar-refractivity contribution in [2.45, 2.75) is 25.2 Å². The van der Waals surface area contributed by atoms with Crippen LogP contribution < -0.4 is 20.3 Å². The molecule has 3 rings (SSSR count). The summed E-state index contributed by atoms with van der Waals surface area (Å²) >= 11 is 6.06. The predicted molar refractivity (Wildman–Crippen MR) is 109 cm³/mol. The van der Waals surface area contributed by atoms with Crippen molar-refractivity contribution in [1.29, 1.82) is 0 Å². The number of aromatic nitrogens is 2. The molecule has 0 aliphatic carbocycles. The van der Waals surface area contributed by atoms with Gasteiger partial charge < -0.3 is 20.3 Å². The number of alkyl halides is 3. The van der Waals surface area contributed by atoms with E-state index in [4.69, 9.17) is 16.3 Å². The molecule has 1 aliphatic rings. The SMILES string of the molecule is CN=C(NCc1ccc(OC)nc1)NC1CCN(c2ncc(C(F)(F)F)cc2Cl)C1. The first-order chi connectivity index (χ1) is 14.3. The molecule has 162 valence electrons. The van der Waals surface area contributed by atoms with Gasteiger partial charge in [0.1, 0.15) is 5.82 Å². The van der Waals surface area contributed by atoms with Crippen molar-refractivity contribution in [3.63, 3.8) is 0 Å². The van der Waals surface area contributed by atoms with Crippen LogP contribution in [0.15, 0.2) is 35.6 Å². The van der Waals surface area contributed by atoms with Crippen LogP contribution in [0.4, 0.5) is 19.0 Å². The zero-order valence-electron chi connectivity index (χ0n) is 16.5. The third-order valence-corrected chi connectivity index (χ3v) is 4.95. The van der Waals surface area contributed by atoms with Crippen LogP contribution >= 0.6 is 11.6 Å². The van der Waals surface area contributed by atoms with Gasteiger partial charge in [-0.2, -0.15) is 13.2 Å². The highest BCUT2D eigenvalue weighted by atomic mass is 35.5. The Bertz CT molecular complexity index is 891. The van der Waals surface area contributed by atoms with E-state index in [1.807, 2.05) is 11.0 Å². The molecule has 1 atom stereocenters. The average molecular weight is 443 g/mol. The molecule has 0 amide bonds. The normalized spacial score (nSPS) is 17.2. The summed E-state index contributed by atoms with van der Waals surface area (Å²) in [6.07, 6.45) is -1.17. The molecule has 3 heterocycles. The van der Waals surface area contributed by atoms with Gasteiger partial charge in [0.15, 0.2) is 5.96 Å². The number of methoxy groups -OCH3 is 1. The lowest BCUT2D eigenvalue weighted by molar-refractivity contribution is -0.137. The van der Waals surface area contributed by atoms with Crippen LogP contribution in [-0.2, 0) is 12.7 Å². The summed E-state index contributed by atoms with van der Waals surface area (Å²) in [6, 6.07) is 4.64. The molecule has 0 aromatic carbocycles. The minimum atomic E-state index is -4.47. The highest BCUT2D eigenvalue weighted by Crippen LogP contribution is 2.34. The van der Waals surface area contributed by atoms with E-state index < -0.39 is 11.7 Å². The maximum absolute atomic E-state index is 12.8. The summed E-state index contributed by atoms with van der Waals surface area (Å²) in [5.74, 6) is 1.51. The molecule has 30 heavy (non-hydrogen) atoms. The smallest absolute Gasteiger partial charge is 0.417 e. The molecule has 0 saturated carbocycles. The molecule has 0 bridgehead atoms. The number of nitrogens with zero attached hydrogens (tertiary/aromatic N) is 4. The molecule has 1 aliphatic heterocycles. The van der Waals surface area contributed by atoms with E-state index >= 15 is 0 Å². The number of pyridine rings is 2. The molecule has 2 N–H and O–H groups in total.